The van der Waals surface area contributed by atoms with Crippen LogP contribution in [0.2, 0.25) is 0 Å². The molecule has 0 saturated heterocycles. The molecule has 0 fully saturated rings. The van der Waals surface area contributed by atoms with Crippen LogP contribution in [0.1, 0.15) is 22.8 Å². The highest BCUT2D eigenvalue weighted by molar-refractivity contribution is 7.95. The second-order valence-corrected chi connectivity index (χ2v) is 6.73. The Balaban J connectivity index is 2.02. The van der Waals surface area contributed by atoms with E-state index in [0.717, 1.165) is 5.75 Å². The van der Waals surface area contributed by atoms with Crippen molar-refractivity contribution in [2.45, 2.75) is 17.6 Å². The van der Waals surface area contributed by atoms with Gasteiger partial charge >= 0.3 is 5.97 Å². The van der Waals surface area contributed by atoms with Gasteiger partial charge in [0.15, 0.2) is 4.90 Å². The van der Waals surface area contributed by atoms with Gasteiger partial charge in [0.2, 0.25) is 0 Å². The van der Waals surface area contributed by atoms with Crippen LogP contribution in [-0.2, 0) is 21.4 Å². The van der Waals surface area contributed by atoms with E-state index in [2.05, 4.69) is 6.26 Å². The van der Waals surface area contributed by atoms with E-state index in [-0.39, 0.29) is 22.6 Å². The summed E-state index contributed by atoms with van der Waals surface area (Å²) in [5.41, 5.74) is 1.77. The van der Waals surface area contributed by atoms with E-state index < -0.39 is 0 Å². The summed E-state index contributed by atoms with van der Waals surface area (Å²) in [6, 6.07) is 14.9. The van der Waals surface area contributed by atoms with Gasteiger partial charge in [0.1, 0.15) is 17.8 Å². The van der Waals surface area contributed by atoms with Crippen molar-refractivity contribution in [1.82, 2.24) is 0 Å². The maximum atomic E-state index is 11.6. The number of phenolic OH excluding ortho intramolecular Hbond substituents is 1. The molecule has 3 nitrogen and oxygen atoms in total. The van der Waals surface area contributed by atoms with Crippen LogP contribution in [0.5, 0.6) is 5.75 Å². The van der Waals surface area contributed by atoms with Gasteiger partial charge in [-0.1, -0.05) is 12.1 Å². The number of hydrogen-bond donors (Lipinski definition) is 1. The molecule has 0 bridgehead atoms. The number of benzene rings is 2. The molecule has 0 aromatic heterocycles. The first kappa shape index (κ1) is 15.4. The van der Waals surface area contributed by atoms with E-state index in [9.17, 15) is 9.90 Å². The van der Waals surface area contributed by atoms with E-state index in [1.54, 1.807) is 31.2 Å². The average molecular weight is 303 g/mol. The number of aromatic hydroxyl groups is 1. The first-order valence-electron chi connectivity index (χ1n) is 6.77. The average Bonchev–Trinajstić information content (AvgIpc) is 2.49. The Morgan fingerprint density at radius 3 is 2.29 bits per heavy atom. The number of phenols is 1. The Bertz CT molecular complexity index is 590. The third-order valence-electron chi connectivity index (χ3n) is 3.09. The molecule has 1 N–H and O–H groups in total. The van der Waals surface area contributed by atoms with Crippen LogP contribution >= 0.6 is 0 Å². The number of rotatable bonds is 5. The van der Waals surface area contributed by atoms with Crippen molar-refractivity contribution in [2.24, 2.45) is 0 Å². The second kappa shape index (κ2) is 7.18. The lowest BCUT2D eigenvalue weighted by Gasteiger charge is -2.05. The lowest BCUT2D eigenvalue weighted by atomic mass is 10.1. The van der Waals surface area contributed by atoms with E-state index >= 15 is 0 Å². The molecule has 21 heavy (non-hydrogen) atoms. The predicted molar refractivity (Wildman–Crippen MR) is 85.8 cm³/mol. The zero-order valence-electron chi connectivity index (χ0n) is 12.2. The normalized spacial score (nSPS) is 11.9. The second-order valence-electron chi connectivity index (χ2n) is 4.69. The largest absolute Gasteiger partial charge is 0.508 e. The molecule has 4 heteroatoms. The number of carbonyl (C=O) groups is 1. The molecule has 1 unspecified atom stereocenters. The molecule has 1 atom stereocenters. The Kier molecular flexibility index (Phi) is 5.28. The molecular weight excluding hydrogens is 284 g/mol. The Hall–Kier alpha value is -1.94. The standard InChI is InChI=1S/C17H18O3S/c1-3-20-17(19)14-6-4-13(5-7-14)12-21(2)16-10-8-15(18)9-11-16/h4-11H,3,12H2,1-2H3/p+1. The molecule has 0 amide bonds. The summed E-state index contributed by atoms with van der Waals surface area (Å²) >= 11 is 0. The smallest absolute Gasteiger partial charge is 0.338 e. The molecule has 0 aliphatic rings. The van der Waals surface area contributed by atoms with Crippen molar-refractivity contribution in [3.05, 3.63) is 59.7 Å². The molecule has 2 rings (SSSR count). The SMILES string of the molecule is CCOC(=O)c1ccc(C[S+](C)c2ccc(O)cc2)cc1. The molecule has 0 heterocycles. The van der Waals surface area contributed by atoms with Crippen molar-refractivity contribution >= 4 is 16.9 Å². The maximum absolute atomic E-state index is 11.6. The van der Waals surface area contributed by atoms with Crippen molar-refractivity contribution in [2.75, 3.05) is 12.9 Å². The first-order valence-corrected chi connectivity index (χ1v) is 8.58. The van der Waals surface area contributed by atoms with Crippen LogP contribution < -0.4 is 0 Å². The Morgan fingerprint density at radius 1 is 1.10 bits per heavy atom. The van der Waals surface area contributed by atoms with Crippen LogP contribution in [0.3, 0.4) is 0 Å². The Morgan fingerprint density at radius 2 is 1.71 bits per heavy atom. The minimum atomic E-state index is -0.280. The fourth-order valence-electron chi connectivity index (χ4n) is 1.96. The molecular formula is C17H19O3S+. The molecule has 0 saturated carbocycles. The third-order valence-corrected chi connectivity index (χ3v) is 4.93. The zero-order chi connectivity index (χ0) is 15.2. The lowest BCUT2D eigenvalue weighted by Crippen LogP contribution is -2.06. The van der Waals surface area contributed by atoms with Gasteiger partial charge in [-0.3, -0.25) is 0 Å². The van der Waals surface area contributed by atoms with Crippen molar-refractivity contribution in [1.29, 1.82) is 0 Å². The van der Waals surface area contributed by atoms with Gasteiger partial charge in [0.25, 0.3) is 0 Å². The highest BCUT2D eigenvalue weighted by Crippen LogP contribution is 2.20. The number of hydrogen-bond acceptors (Lipinski definition) is 3. The third kappa shape index (κ3) is 4.26. The molecule has 0 aliphatic heterocycles. The summed E-state index contributed by atoms with van der Waals surface area (Å²) in [6.07, 6.45) is 2.17. The molecule has 0 spiro atoms. The molecule has 2 aromatic rings. The van der Waals surface area contributed by atoms with Crippen LogP contribution in [0.25, 0.3) is 0 Å². The minimum Gasteiger partial charge on any atom is -0.508 e. The fraction of sp³-hybridized carbons (Fsp3) is 0.235. The van der Waals surface area contributed by atoms with Crippen molar-refractivity contribution in [3.8, 4) is 5.75 Å². The topological polar surface area (TPSA) is 46.5 Å². The molecule has 0 radical (unpaired) electrons. The van der Waals surface area contributed by atoms with Crippen molar-refractivity contribution in [3.63, 3.8) is 0 Å². The zero-order valence-corrected chi connectivity index (χ0v) is 13.0. The van der Waals surface area contributed by atoms with Crippen LogP contribution in [-0.4, -0.2) is 23.9 Å². The molecule has 0 aliphatic carbocycles. The van der Waals surface area contributed by atoms with Crippen LogP contribution in [0, 0.1) is 0 Å². The van der Waals surface area contributed by atoms with Gasteiger partial charge in [0, 0.05) is 16.5 Å². The summed E-state index contributed by atoms with van der Waals surface area (Å²) < 4.78 is 4.97. The predicted octanol–water partition coefficient (Wildman–Crippen LogP) is 3.38. The summed E-state index contributed by atoms with van der Waals surface area (Å²) in [7, 11) is 0.0593. The minimum absolute atomic E-state index is 0.0593. The monoisotopic (exact) mass is 303 g/mol. The molecule has 2 aromatic carbocycles. The summed E-state index contributed by atoms with van der Waals surface area (Å²) in [5.74, 6) is 0.918. The van der Waals surface area contributed by atoms with E-state index in [1.807, 2.05) is 24.3 Å². The van der Waals surface area contributed by atoms with Crippen LogP contribution in [0.4, 0.5) is 0 Å². The van der Waals surface area contributed by atoms with E-state index in [4.69, 9.17) is 4.74 Å². The summed E-state index contributed by atoms with van der Waals surface area (Å²) in [6.45, 7) is 2.19. The van der Waals surface area contributed by atoms with Gasteiger partial charge < -0.3 is 9.84 Å². The van der Waals surface area contributed by atoms with Gasteiger partial charge in [-0.25, -0.2) is 4.79 Å². The van der Waals surface area contributed by atoms with E-state index in [1.165, 1.54) is 10.5 Å². The van der Waals surface area contributed by atoms with Gasteiger partial charge in [-0.15, -0.1) is 0 Å². The van der Waals surface area contributed by atoms with Gasteiger partial charge in [-0.05, 0) is 43.3 Å². The summed E-state index contributed by atoms with van der Waals surface area (Å²) in [5, 5.41) is 9.31. The van der Waals surface area contributed by atoms with Gasteiger partial charge in [0.05, 0.1) is 12.2 Å². The molecule has 110 valence electrons. The maximum Gasteiger partial charge on any atom is 0.338 e. The van der Waals surface area contributed by atoms with Crippen molar-refractivity contribution < 1.29 is 14.6 Å². The highest BCUT2D eigenvalue weighted by atomic mass is 32.2. The van der Waals surface area contributed by atoms with E-state index in [0.29, 0.717) is 12.2 Å². The summed E-state index contributed by atoms with van der Waals surface area (Å²) in [4.78, 5) is 12.8. The lowest BCUT2D eigenvalue weighted by molar-refractivity contribution is 0.0526. The highest BCUT2D eigenvalue weighted by Gasteiger charge is 2.16. The Labute approximate surface area is 127 Å². The number of carbonyl (C=O) groups excluding carboxylic acids is 1. The quantitative estimate of drug-likeness (QED) is 0.680. The van der Waals surface area contributed by atoms with Crippen LogP contribution in [0.15, 0.2) is 53.4 Å². The fourth-order valence-corrected chi connectivity index (χ4v) is 3.42. The number of esters is 1. The number of ether oxygens (including phenoxy) is 1. The van der Waals surface area contributed by atoms with Gasteiger partial charge in [-0.2, -0.15) is 0 Å². The first-order chi connectivity index (χ1) is 10.1.